The van der Waals surface area contributed by atoms with Gasteiger partial charge in [0.25, 0.3) is 0 Å². The fourth-order valence-corrected chi connectivity index (χ4v) is 3.15. The zero-order valence-corrected chi connectivity index (χ0v) is 17.4. The molecule has 11 heteroatoms. The van der Waals surface area contributed by atoms with Crippen molar-refractivity contribution in [2.24, 2.45) is 0 Å². The number of alkyl halides is 2. The van der Waals surface area contributed by atoms with Gasteiger partial charge in [-0.15, -0.1) is 0 Å². The first-order valence-corrected chi connectivity index (χ1v) is 9.88. The SMILES string of the molecule is N=C/C=C(\Nc1ccccc1)c1nn(-c2ccc(-n3nccc3OC(F)F)cc2F)ccc1=O. The number of para-hydroxylation sites is 1. The fraction of sp³-hybridized carbons (Fsp3) is 0.0435. The Hall–Kier alpha value is -4.67. The minimum absolute atomic E-state index is 0.00222. The summed E-state index contributed by atoms with van der Waals surface area (Å²) in [4.78, 5) is 12.5. The molecule has 0 radical (unpaired) electrons. The van der Waals surface area contributed by atoms with E-state index in [9.17, 15) is 13.6 Å². The molecule has 0 atom stereocenters. The molecule has 2 aromatic carbocycles. The maximum atomic E-state index is 15.0. The average Bonchev–Trinajstić information content (AvgIpc) is 3.27. The number of hydrogen-bond acceptors (Lipinski definition) is 6. The number of nitrogens with one attached hydrogen (secondary N) is 2. The van der Waals surface area contributed by atoms with Gasteiger partial charge in [0.15, 0.2) is 11.5 Å². The molecule has 0 amide bonds. The summed E-state index contributed by atoms with van der Waals surface area (Å²) in [6.07, 6.45) is 4.91. The van der Waals surface area contributed by atoms with Crippen LogP contribution in [0.1, 0.15) is 5.69 Å². The van der Waals surface area contributed by atoms with Crippen LogP contribution in [0.3, 0.4) is 0 Å². The maximum Gasteiger partial charge on any atom is 0.388 e. The number of halogens is 3. The molecule has 0 fully saturated rings. The lowest BCUT2D eigenvalue weighted by molar-refractivity contribution is -0.0544. The molecular formula is C23H17F3N6O2. The number of anilines is 1. The van der Waals surface area contributed by atoms with Crippen molar-refractivity contribution in [2.45, 2.75) is 6.61 Å². The Bertz CT molecular complexity index is 1400. The summed E-state index contributed by atoms with van der Waals surface area (Å²) in [6, 6.07) is 15.3. The van der Waals surface area contributed by atoms with E-state index in [1.807, 2.05) is 6.07 Å². The Labute approximate surface area is 191 Å². The van der Waals surface area contributed by atoms with E-state index < -0.39 is 17.9 Å². The lowest BCUT2D eigenvalue weighted by Crippen LogP contribution is -2.19. The van der Waals surface area contributed by atoms with E-state index >= 15 is 4.39 Å². The van der Waals surface area contributed by atoms with Crippen LogP contribution < -0.4 is 15.5 Å². The van der Waals surface area contributed by atoms with Crippen molar-refractivity contribution in [3.05, 3.63) is 101 Å². The molecule has 8 nitrogen and oxygen atoms in total. The smallest absolute Gasteiger partial charge is 0.388 e. The Morgan fingerprint density at radius 1 is 1.12 bits per heavy atom. The molecule has 34 heavy (non-hydrogen) atoms. The summed E-state index contributed by atoms with van der Waals surface area (Å²) in [6.45, 7) is -3.06. The van der Waals surface area contributed by atoms with Gasteiger partial charge in [-0.25, -0.2) is 13.8 Å². The zero-order chi connectivity index (χ0) is 24.1. The van der Waals surface area contributed by atoms with E-state index in [1.54, 1.807) is 24.3 Å². The van der Waals surface area contributed by atoms with Crippen molar-refractivity contribution in [3.63, 3.8) is 0 Å². The summed E-state index contributed by atoms with van der Waals surface area (Å²) in [5.74, 6) is -0.994. The predicted octanol–water partition coefficient (Wildman–Crippen LogP) is 4.26. The minimum atomic E-state index is -3.06. The molecule has 0 bridgehead atoms. The fourth-order valence-electron chi connectivity index (χ4n) is 3.15. The standard InChI is InChI=1S/C23H17F3N6O2/c24-17-14-16(32-21(9-12-28-32)34-23(25)26)6-7-19(17)31-13-10-20(33)22(30-31)18(8-11-27)29-15-4-2-1-3-5-15/h1-14,23,27,29H/b18-8-,27-11?. The van der Waals surface area contributed by atoms with Crippen LogP contribution in [0.4, 0.5) is 18.9 Å². The Kier molecular flexibility index (Phi) is 6.53. The van der Waals surface area contributed by atoms with Crippen molar-refractivity contribution in [3.8, 4) is 17.3 Å². The molecule has 0 aliphatic heterocycles. The normalized spacial score (nSPS) is 11.5. The van der Waals surface area contributed by atoms with Crippen molar-refractivity contribution >= 4 is 17.6 Å². The molecule has 0 aliphatic rings. The van der Waals surface area contributed by atoms with Gasteiger partial charge >= 0.3 is 6.61 Å². The third-order valence-corrected chi connectivity index (χ3v) is 4.61. The van der Waals surface area contributed by atoms with Crippen LogP contribution in [-0.4, -0.2) is 32.4 Å². The van der Waals surface area contributed by atoms with E-state index in [1.165, 1.54) is 47.4 Å². The monoisotopic (exact) mass is 466 g/mol. The predicted molar refractivity (Wildman–Crippen MR) is 120 cm³/mol. The average molecular weight is 466 g/mol. The van der Waals surface area contributed by atoms with Gasteiger partial charge in [0.05, 0.1) is 17.6 Å². The molecule has 0 spiro atoms. The molecule has 2 aromatic heterocycles. The Morgan fingerprint density at radius 3 is 2.62 bits per heavy atom. The zero-order valence-electron chi connectivity index (χ0n) is 17.4. The molecule has 2 N–H and O–H groups in total. The van der Waals surface area contributed by atoms with Gasteiger partial charge in [0.1, 0.15) is 5.69 Å². The molecule has 4 rings (SSSR count). The van der Waals surface area contributed by atoms with Crippen LogP contribution in [0.2, 0.25) is 0 Å². The highest BCUT2D eigenvalue weighted by Crippen LogP contribution is 2.23. The molecule has 0 unspecified atom stereocenters. The molecule has 2 heterocycles. The van der Waals surface area contributed by atoms with E-state index in [2.05, 4.69) is 20.3 Å². The lowest BCUT2D eigenvalue weighted by Gasteiger charge is -2.13. The molecule has 4 aromatic rings. The highest BCUT2D eigenvalue weighted by atomic mass is 19.3. The Morgan fingerprint density at radius 2 is 1.91 bits per heavy atom. The van der Waals surface area contributed by atoms with Gasteiger partial charge in [-0.1, -0.05) is 18.2 Å². The lowest BCUT2D eigenvalue weighted by atomic mass is 10.2. The van der Waals surface area contributed by atoms with E-state index in [4.69, 9.17) is 5.41 Å². The second-order valence-electron chi connectivity index (χ2n) is 6.81. The summed E-state index contributed by atoms with van der Waals surface area (Å²) < 4.78 is 46.8. The van der Waals surface area contributed by atoms with E-state index in [0.717, 1.165) is 17.0 Å². The van der Waals surface area contributed by atoms with E-state index in [0.29, 0.717) is 5.69 Å². The van der Waals surface area contributed by atoms with Crippen LogP contribution in [0.15, 0.2) is 83.9 Å². The van der Waals surface area contributed by atoms with E-state index in [-0.39, 0.29) is 28.6 Å². The van der Waals surface area contributed by atoms with Crippen molar-refractivity contribution < 1.29 is 17.9 Å². The highest BCUT2D eigenvalue weighted by Gasteiger charge is 2.15. The van der Waals surface area contributed by atoms with Gasteiger partial charge in [-0.05, 0) is 30.3 Å². The van der Waals surface area contributed by atoms with Crippen molar-refractivity contribution in [2.75, 3.05) is 5.32 Å². The van der Waals surface area contributed by atoms with Crippen LogP contribution in [0.25, 0.3) is 17.1 Å². The van der Waals surface area contributed by atoms with Crippen molar-refractivity contribution in [1.82, 2.24) is 19.6 Å². The number of hydrogen-bond donors (Lipinski definition) is 2. The van der Waals surface area contributed by atoms with Gasteiger partial charge in [-0.3, -0.25) is 4.79 Å². The second kappa shape index (κ2) is 9.86. The summed E-state index contributed by atoms with van der Waals surface area (Å²) in [7, 11) is 0. The van der Waals surface area contributed by atoms with Gasteiger partial charge in [0, 0.05) is 36.3 Å². The van der Waals surface area contributed by atoms with Crippen LogP contribution in [-0.2, 0) is 0 Å². The number of rotatable bonds is 8. The second-order valence-corrected chi connectivity index (χ2v) is 6.81. The van der Waals surface area contributed by atoms with Gasteiger partial charge in [0.2, 0.25) is 11.3 Å². The largest absolute Gasteiger partial charge is 0.417 e. The number of allylic oxidation sites excluding steroid dienone is 1. The topological polar surface area (TPSA) is 97.8 Å². The van der Waals surface area contributed by atoms with Crippen LogP contribution >= 0.6 is 0 Å². The van der Waals surface area contributed by atoms with Gasteiger partial charge in [-0.2, -0.15) is 19.0 Å². The summed E-state index contributed by atoms with van der Waals surface area (Å²) >= 11 is 0. The molecule has 0 saturated carbocycles. The van der Waals surface area contributed by atoms with Crippen molar-refractivity contribution in [1.29, 1.82) is 5.41 Å². The first kappa shape index (κ1) is 22.5. The third kappa shape index (κ3) is 4.88. The number of ether oxygens (including phenoxy) is 1. The molecule has 0 saturated heterocycles. The van der Waals surface area contributed by atoms with Gasteiger partial charge < -0.3 is 15.5 Å². The number of nitrogens with zero attached hydrogens (tertiary/aromatic N) is 4. The highest BCUT2D eigenvalue weighted by molar-refractivity contribution is 5.86. The summed E-state index contributed by atoms with van der Waals surface area (Å²) in [5, 5.41) is 18.6. The Balaban J connectivity index is 1.70. The molecule has 0 aliphatic carbocycles. The first-order valence-electron chi connectivity index (χ1n) is 9.88. The minimum Gasteiger partial charge on any atom is -0.417 e. The number of benzene rings is 2. The van der Waals surface area contributed by atoms with Crippen LogP contribution in [0.5, 0.6) is 5.88 Å². The first-order chi connectivity index (χ1) is 16.5. The quantitative estimate of drug-likeness (QED) is 0.378. The van der Waals surface area contributed by atoms with Crippen LogP contribution in [0, 0.1) is 11.2 Å². The third-order valence-electron chi connectivity index (χ3n) is 4.61. The molecular weight excluding hydrogens is 449 g/mol. The maximum absolute atomic E-state index is 15.0. The summed E-state index contributed by atoms with van der Waals surface area (Å²) in [5.41, 5.74) is 0.612. The molecule has 172 valence electrons. The number of aromatic nitrogens is 4.